The van der Waals surface area contributed by atoms with Gasteiger partial charge in [0.15, 0.2) is 17.6 Å². The molecule has 9 heteroatoms. The Kier molecular flexibility index (Phi) is 5.31. The summed E-state index contributed by atoms with van der Waals surface area (Å²) in [6.45, 7) is 3.92. The maximum atomic E-state index is 12.5. The first kappa shape index (κ1) is 21.8. The molecule has 1 amide bonds. The largest absolute Gasteiger partial charge is 0.481 e. The highest BCUT2D eigenvalue weighted by Crippen LogP contribution is 2.62. The number of piperidine rings is 1. The van der Waals surface area contributed by atoms with E-state index in [4.69, 9.17) is 18.9 Å². The van der Waals surface area contributed by atoms with Gasteiger partial charge < -0.3 is 29.2 Å². The summed E-state index contributed by atoms with van der Waals surface area (Å²) in [7, 11) is 2.14. The number of likely N-dealkylation sites (N-methyl/N-ethyl adjacent to an activating group) is 1. The highest BCUT2D eigenvalue weighted by Gasteiger charge is 2.65. The van der Waals surface area contributed by atoms with Crippen LogP contribution in [0.25, 0.3) is 0 Å². The molecule has 5 rings (SSSR count). The Morgan fingerprint density at radius 2 is 2.09 bits per heavy atom. The fourth-order valence-electron chi connectivity index (χ4n) is 6.07. The van der Waals surface area contributed by atoms with Gasteiger partial charge in [-0.3, -0.25) is 9.59 Å². The summed E-state index contributed by atoms with van der Waals surface area (Å²) in [6, 6.07) is 4.11. The van der Waals surface area contributed by atoms with Crippen molar-refractivity contribution >= 4 is 18.0 Å². The molecule has 2 aliphatic carbocycles. The molecule has 1 aromatic rings. The highest BCUT2D eigenvalue weighted by atomic mass is 16.6. The van der Waals surface area contributed by atoms with Crippen molar-refractivity contribution in [2.24, 2.45) is 5.92 Å². The first-order chi connectivity index (χ1) is 15.8. The average Bonchev–Trinajstić information content (AvgIpc) is 3.12. The first-order valence-electron chi connectivity index (χ1n) is 11.3. The maximum Gasteiger partial charge on any atom is 0.408 e. The van der Waals surface area contributed by atoms with Gasteiger partial charge in [-0.1, -0.05) is 12.1 Å². The molecule has 9 nitrogen and oxygen atoms in total. The van der Waals surface area contributed by atoms with Gasteiger partial charge in [-0.15, -0.1) is 0 Å². The van der Waals surface area contributed by atoms with Crippen LogP contribution in [0.3, 0.4) is 0 Å². The second-order valence-electron chi connectivity index (χ2n) is 9.04. The molecule has 0 saturated carbocycles. The second kappa shape index (κ2) is 8.06. The van der Waals surface area contributed by atoms with Crippen molar-refractivity contribution in [3.8, 4) is 11.5 Å². The number of alkyl carbamates (subject to hydrolysis) is 1. The van der Waals surface area contributed by atoms with E-state index in [-0.39, 0.29) is 24.5 Å². The number of carbonyl (C=O) groups is 3. The second-order valence-corrected chi connectivity index (χ2v) is 9.04. The van der Waals surface area contributed by atoms with Gasteiger partial charge in [-0.2, -0.15) is 0 Å². The number of benzene rings is 1. The van der Waals surface area contributed by atoms with E-state index in [0.717, 1.165) is 24.9 Å². The predicted molar refractivity (Wildman–Crippen MR) is 116 cm³/mol. The molecule has 1 spiro atoms. The van der Waals surface area contributed by atoms with E-state index in [1.807, 2.05) is 12.1 Å². The third kappa shape index (κ3) is 3.37. The number of carbonyl (C=O) groups excluding carboxylic acids is 3. The predicted octanol–water partition coefficient (Wildman–Crippen LogP) is 1.71. The normalized spacial score (nSPS) is 30.6. The number of esters is 2. The monoisotopic (exact) mass is 456 g/mol. The Labute approximate surface area is 192 Å². The molecular formula is C24H28N2O7. The number of nitrogens with one attached hydrogen (secondary N) is 1. The van der Waals surface area contributed by atoms with Crippen molar-refractivity contribution in [3.05, 3.63) is 35.4 Å². The molecule has 1 saturated heterocycles. The quantitative estimate of drug-likeness (QED) is 0.406. The molecular weight excluding hydrogens is 428 g/mol. The van der Waals surface area contributed by atoms with Gasteiger partial charge in [-0.25, -0.2) is 4.79 Å². The molecule has 2 heterocycles. The lowest BCUT2D eigenvalue weighted by atomic mass is 9.53. The molecule has 1 aromatic carbocycles. The van der Waals surface area contributed by atoms with E-state index < -0.39 is 30.2 Å². The molecule has 1 fully saturated rings. The van der Waals surface area contributed by atoms with Crippen molar-refractivity contribution in [3.63, 3.8) is 0 Å². The lowest BCUT2D eigenvalue weighted by Crippen LogP contribution is -2.65. The van der Waals surface area contributed by atoms with Crippen molar-refractivity contribution in [1.29, 1.82) is 0 Å². The highest BCUT2D eigenvalue weighted by molar-refractivity contribution is 5.78. The fourth-order valence-corrected chi connectivity index (χ4v) is 6.07. The first-order valence-corrected chi connectivity index (χ1v) is 11.3. The van der Waals surface area contributed by atoms with E-state index in [2.05, 4.69) is 23.3 Å². The van der Waals surface area contributed by atoms with Crippen LogP contribution in [-0.4, -0.2) is 67.9 Å². The molecule has 176 valence electrons. The molecule has 2 unspecified atom stereocenters. The van der Waals surface area contributed by atoms with Gasteiger partial charge in [0.2, 0.25) is 0 Å². The van der Waals surface area contributed by atoms with Gasteiger partial charge >= 0.3 is 18.0 Å². The number of rotatable bonds is 5. The molecule has 2 aliphatic heterocycles. The van der Waals surface area contributed by atoms with E-state index in [9.17, 15) is 14.4 Å². The van der Waals surface area contributed by atoms with Gasteiger partial charge in [-0.05, 0) is 51.1 Å². The summed E-state index contributed by atoms with van der Waals surface area (Å²) in [6.07, 6.45) is 3.89. The van der Waals surface area contributed by atoms with Gasteiger partial charge in [0.1, 0.15) is 12.6 Å². The van der Waals surface area contributed by atoms with E-state index in [1.54, 1.807) is 13.0 Å². The number of hydrogen-bond donors (Lipinski definition) is 1. The molecule has 0 radical (unpaired) electrons. The number of ether oxygens (including phenoxy) is 4. The van der Waals surface area contributed by atoms with Crippen LogP contribution in [0, 0.1) is 5.92 Å². The summed E-state index contributed by atoms with van der Waals surface area (Å²) < 4.78 is 22.5. The standard InChI is InChI=1S/C24H28N2O7/c1-4-30-19(28)12-25-23(29)32-18-8-6-15-16-11-14-5-7-17(31-13(2)27)21-20(14)24(15,22(18)33-21)9-10-26(16)3/h5-8,15-16,18,22H,4,9-12H2,1-3H3,(H,25,29)/t15-,16+,18?,22?,24-/m0/s1. The Hall–Kier alpha value is -3.07. The average molecular weight is 456 g/mol. The molecule has 1 N–H and O–H groups in total. The summed E-state index contributed by atoms with van der Waals surface area (Å²) in [5.41, 5.74) is 1.87. The molecule has 0 aromatic heterocycles. The third-order valence-electron chi connectivity index (χ3n) is 7.29. The van der Waals surface area contributed by atoms with Crippen LogP contribution in [0.2, 0.25) is 0 Å². The Bertz CT molecular complexity index is 1040. The minimum absolute atomic E-state index is 0.185. The zero-order chi connectivity index (χ0) is 23.3. The topological polar surface area (TPSA) is 103 Å². The lowest BCUT2D eigenvalue weighted by molar-refractivity contribution is -0.142. The number of likely N-dealkylation sites (tertiary alicyclic amines) is 1. The summed E-state index contributed by atoms with van der Waals surface area (Å²) in [5.74, 6) is 0.208. The zero-order valence-corrected chi connectivity index (χ0v) is 19.0. The molecule has 2 bridgehead atoms. The lowest BCUT2D eigenvalue weighted by Gasteiger charge is -2.56. The van der Waals surface area contributed by atoms with Gasteiger partial charge in [0.25, 0.3) is 0 Å². The van der Waals surface area contributed by atoms with E-state index in [0.29, 0.717) is 17.5 Å². The Balaban J connectivity index is 1.48. The van der Waals surface area contributed by atoms with E-state index in [1.165, 1.54) is 12.5 Å². The molecule has 4 aliphatic rings. The van der Waals surface area contributed by atoms with Crippen molar-refractivity contribution in [2.75, 3.05) is 26.7 Å². The van der Waals surface area contributed by atoms with Crippen LogP contribution in [0.4, 0.5) is 4.79 Å². The van der Waals surface area contributed by atoms with Gasteiger partial charge in [0.05, 0.1) is 6.61 Å². The van der Waals surface area contributed by atoms with Crippen molar-refractivity contribution < 1.29 is 33.3 Å². The molecule has 5 atom stereocenters. The van der Waals surface area contributed by atoms with Crippen LogP contribution in [-0.2, 0) is 30.9 Å². The van der Waals surface area contributed by atoms with Crippen LogP contribution in [0.1, 0.15) is 31.4 Å². The van der Waals surface area contributed by atoms with Crippen LogP contribution >= 0.6 is 0 Å². The minimum Gasteiger partial charge on any atom is -0.481 e. The zero-order valence-electron chi connectivity index (χ0n) is 19.0. The maximum absolute atomic E-state index is 12.5. The number of hydrogen-bond acceptors (Lipinski definition) is 8. The SMILES string of the molecule is CCOC(=O)CNC(=O)OC1C=C[C@H]2[C@H]3Cc4ccc(OC(C)=O)c5c4[C@@]2(CCN3C)C1O5. The fraction of sp³-hybridized carbons (Fsp3) is 0.542. The number of amides is 1. The van der Waals surface area contributed by atoms with Crippen molar-refractivity contribution in [2.45, 2.75) is 50.4 Å². The minimum atomic E-state index is -0.715. The Morgan fingerprint density at radius 3 is 2.85 bits per heavy atom. The molecule has 33 heavy (non-hydrogen) atoms. The van der Waals surface area contributed by atoms with Crippen LogP contribution in [0.5, 0.6) is 11.5 Å². The Morgan fingerprint density at radius 1 is 1.27 bits per heavy atom. The van der Waals surface area contributed by atoms with E-state index >= 15 is 0 Å². The third-order valence-corrected chi connectivity index (χ3v) is 7.29. The smallest absolute Gasteiger partial charge is 0.408 e. The van der Waals surface area contributed by atoms with Crippen molar-refractivity contribution in [1.82, 2.24) is 10.2 Å². The summed E-state index contributed by atoms with van der Waals surface area (Å²) >= 11 is 0. The van der Waals surface area contributed by atoms with Crippen LogP contribution < -0.4 is 14.8 Å². The summed E-state index contributed by atoms with van der Waals surface area (Å²) in [5, 5.41) is 2.45. The summed E-state index contributed by atoms with van der Waals surface area (Å²) in [4.78, 5) is 38.1. The van der Waals surface area contributed by atoms with Crippen LogP contribution in [0.15, 0.2) is 24.3 Å². The van der Waals surface area contributed by atoms with Gasteiger partial charge in [0, 0.05) is 29.9 Å². The number of nitrogens with zero attached hydrogens (tertiary/aromatic N) is 1.